The molecule has 1 N–H and O–H groups in total. The fourth-order valence-corrected chi connectivity index (χ4v) is 0.370. The number of carboxylic acids is 1. The molecule has 0 saturated heterocycles. The van der Waals surface area contributed by atoms with Crippen molar-refractivity contribution in [3.05, 3.63) is 8.90 Å². The summed E-state index contributed by atoms with van der Waals surface area (Å²) in [6, 6.07) is 0. The third kappa shape index (κ3) is 2.85. The van der Waals surface area contributed by atoms with Crippen LogP contribution in [-0.2, 0) is 4.79 Å². The Bertz CT molecular complexity index is 106. The predicted octanol–water partition coefficient (Wildman–Crippen LogP) is 0.143. The van der Waals surface area contributed by atoms with E-state index in [2.05, 4.69) is 0 Å². The molecule has 0 unspecified atom stereocenters. The average molecular weight is 108 g/mol. The molecule has 0 rings (SSSR count). The molecule has 3 heteroatoms. The number of carbonyl (C=O) groups is 1. The summed E-state index contributed by atoms with van der Waals surface area (Å²) in [5.74, 6) is -0.810. The molecule has 0 heterocycles. The normalized spacial score (nSPS) is 11.6. The van der Waals surface area contributed by atoms with Gasteiger partial charge in [-0.2, -0.15) is 0 Å². The molecule has 7 heavy (non-hydrogen) atoms. The van der Waals surface area contributed by atoms with Crippen LogP contribution >= 0.6 is 0 Å². The van der Waals surface area contributed by atoms with E-state index in [0.29, 0.717) is 5.57 Å². The summed E-state index contributed by atoms with van der Waals surface area (Å²) in [5.41, 5.74) is 0.451. The predicted molar refractivity (Wildman–Crippen MR) is 27.1 cm³/mol. The first-order chi connectivity index (χ1) is 3.18. The quantitative estimate of drug-likeness (QED) is 0.383. The fraction of sp³-hybridized carbons (Fsp3) is 0.250. The van der Waals surface area contributed by atoms with Crippen LogP contribution in [0.4, 0.5) is 0 Å². The van der Waals surface area contributed by atoms with Gasteiger partial charge in [-0.25, -0.2) is 0 Å². The van der Waals surface area contributed by atoms with Crippen LogP contribution in [0.2, 0.25) is 0 Å². The van der Waals surface area contributed by atoms with Gasteiger partial charge in [0.1, 0.15) is 0 Å². The Kier molecular flexibility index (Phi) is 3.34. The van der Waals surface area contributed by atoms with Crippen LogP contribution in [0.3, 0.4) is 0 Å². The molecule has 0 aliphatic carbocycles. The van der Waals surface area contributed by atoms with E-state index >= 15 is 0 Å². The Balaban J connectivity index is 3.82. The summed E-state index contributed by atoms with van der Waals surface area (Å²) < 4.78 is 1.70. The molecule has 0 aromatic rings. The van der Waals surface area contributed by atoms with E-state index < -0.39 is 5.97 Å². The van der Waals surface area contributed by atoms with E-state index in [1.165, 1.54) is 0 Å². The number of rotatable bonds is 1. The molecule has 0 atom stereocenters. The van der Waals surface area contributed by atoms with E-state index in [1.54, 1.807) is 10.2 Å². The van der Waals surface area contributed by atoms with Crippen molar-refractivity contribution in [1.29, 1.82) is 0 Å². The summed E-state index contributed by atoms with van der Waals surface area (Å²) in [4.78, 5) is 9.88. The Morgan fingerprint density at radius 2 is 2.29 bits per heavy atom. The monoisotopic (exact) mass is 108 g/mol. The topological polar surface area (TPSA) is 37.3 Å². The van der Waals surface area contributed by atoms with Crippen molar-refractivity contribution >= 4 is 33.9 Å². The van der Waals surface area contributed by atoms with Crippen molar-refractivity contribution in [2.24, 2.45) is 0 Å². The Labute approximate surface area is 59.6 Å². The third-order valence-corrected chi connectivity index (χ3v) is 1.64. The van der Waals surface area contributed by atoms with Gasteiger partial charge in [-0.05, 0) is 0 Å². The number of hydrogen-bond donors (Lipinski definition) is 1. The van der Waals surface area contributed by atoms with Crippen LogP contribution in [0.5, 0.6) is 0 Å². The Hall–Kier alpha value is 0.210. The summed E-state index contributed by atoms with van der Waals surface area (Å²) in [5, 5.41) is 8.14. The van der Waals surface area contributed by atoms with Gasteiger partial charge >= 0.3 is 59.6 Å². The zero-order valence-electron chi connectivity index (χ0n) is 4.43. The molecule has 0 aliphatic rings. The standard InChI is InChI=1S/C4H5O2.Na/c1-3(2)4(5)6;/h1H,2H3,(H,5,6);. The van der Waals surface area contributed by atoms with Gasteiger partial charge in [0.15, 0.2) is 0 Å². The van der Waals surface area contributed by atoms with E-state index in [9.17, 15) is 4.79 Å². The van der Waals surface area contributed by atoms with Gasteiger partial charge in [0.25, 0.3) is 0 Å². The maximum atomic E-state index is 9.88. The zero-order valence-corrected chi connectivity index (χ0v) is 6.43. The molecule has 0 fully saturated rings. The molecule has 2 nitrogen and oxygen atoms in total. The molecule has 0 amide bonds. The Morgan fingerprint density at radius 3 is 2.29 bits per heavy atom. The SMILES string of the molecule is CC(=[CH][Na])C(=O)O. The molecular weight excluding hydrogens is 103 g/mol. The van der Waals surface area contributed by atoms with Crippen molar-refractivity contribution in [2.75, 3.05) is 0 Å². The van der Waals surface area contributed by atoms with E-state index in [1.807, 2.05) is 0 Å². The molecule has 0 aliphatic heterocycles. The molecule has 0 saturated carbocycles. The molecule has 0 spiro atoms. The van der Waals surface area contributed by atoms with Crippen molar-refractivity contribution < 1.29 is 9.90 Å². The Morgan fingerprint density at radius 1 is 1.86 bits per heavy atom. The molecule has 34 valence electrons. The van der Waals surface area contributed by atoms with Gasteiger partial charge < -0.3 is 0 Å². The summed E-state index contributed by atoms with van der Waals surface area (Å²) in [6.07, 6.45) is 0. The summed E-state index contributed by atoms with van der Waals surface area (Å²) >= 11 is 0.828. The number of hydrogen-bond acceptors (Lipinski definition) is 1. The maximum absolute atomic E-state index is 9.88. The van der Waals surface area contributed by atoms with Crippen LogP contribution in [0.15, 0.2) is 8.90 Å². The minimum atomic E-state index is -0.810. The van der Waals surface area contributed by atoms with Crippen LogP contribution in [-0.4, -0.2) is 39.0 Å². The van der Waals surface area contributed by atoms with Gasteiger partial charge in [-0.3, -0.25) is 0 Å². The van der Waals surface area contributed by atoms with Crippen molar-refractivity contribution in [3.63, 3.8) is 0 Å². The first-order valence-electron chi connectivity index (χ1n) is 2.04. The second-order valence-electron chi connectivity index (χ2n) is 1.28. The molecule has 0 bridgehead atoms. The van der Waals surface area contributed by atoms with Gasteiger partial charge in [0.05, 0.1) is 0 Å². The van der Waals surface area contributed by atoms with Gasteiger partial charge in [-0.1, -0.05) is 0 Å². The van der Waals surface area contributed by atoms with E-state index in [-0.39, 0.29) is 0 Å². The average Bonchev–Trinajstić information content (AvgIpc) is 1.65. The number of aliphatic carboxylic acids is 1. The second-order valence-corrected chi connectivity index (χ2v) is 1.85. The zero-order chi connectivity index (χ0) is 5.86. The van der Waals surface area contributed by atoms with Crippen LogP contribution in [0.25, 0.3) is 0 Å². The van der Waals surface area contributed by atoms with Crippen molar-refractivity contribution in [3.8, 4) is 0 Å². The van der Waals surface area contributed by atoms with E-state index in [4.69, 9.17) is 5.11 Å². The molecule has 0 aromatic heterocycles. The van der Waals surface area contributed by atoms with E-state index in [0.717, 1.165) is 27.9 Å². The summed E-state index contributed by atoms with van der Waals surface area (Å²) in [6.45, 7) is 1.59. The minimum absolute atomic E-state index is 0.451. The van der Waals surface area contributed by atoms with Crippen molar-refractivity contribution in [1.82, 2.24) is 0 Å². The van der Waals surface area contributed by atoms with Gasteiger partial charge in [-0.15, -0.1) is 0 Å². The second kappa shape index (κ2) is 3.24. The first kappa shape index (κ1) is 7.21. The van der Waals surface area contributed by atoms with Crippen LogP contribution in [0, 0.1) is 0 Å². The van der Waals surface area contributed by atoms with Gasteiger partial charge in [0, 0.05) is 0 Å². The third-order valence-electron chi connectivity index (χ3n) is 0.770. The summed E-state index contributed by atoms with van der Waals surface area (Å²) in [7, 11) is 0. The number of carboxylic acid groups (broad SMARTS) is 1. The van der Waals surface area contributed by atoms with Crippen LogP contribution in [0.1, 0.15) is 6.92 Å². The molecule has 0 radical (unpaired) electrons. The molecular formula is C4H5NaO2. The van der Waals surface area contributed by atoms with Gasteiger partial charge in [0.2, 0.25) is 0 Å². The van der Waals surface area contributed by atoms with Crippen molar-refractivity contribution in [2.45, 2.75) is 6.92 Å². The first-order valence-corrected chi connectivity index (χ1v) is 3.20. The van der Waals surface area contributed by atoms with Crippen LogP contribution < -0.4 is 0 Å². The molecule has 0 aromatic carbocycles. The fourth-order valence-electron chi connectivity index (χ4n) is 0.123.